The van der Waals surface area contributed by atoms with Crippen LogP contribution in [-0.2, 0) is 6.54 Å². The highest BCUT2D eigenvalue weighted by Gasteiger charge is 2.09. The molecule has 1 aromatic carbocycles. The number of carbonyl (C=O) groups excluding carboxylic acids is 1. The van der Waals surface area contributed by atoms with Gasteiger partial charge in [-0.3, -0.25) is 9.78 Å². The Morgan fingerprint density at radius 2 is 2.12 bits per heavy atom. The Hall–Kier alpha value is -2.79. The van der Waals surface area contributed by atoms with E-state index >= 15 is 0 Å². The SMILES string of the molecule is Cc1cc(Cl)ccc1Nc1ccnc(C(=O)NCc2ccco2)c1. The molecule has 0 aliphatic rings. The quantitative estimate of drug-likeness (QED) is 0.725. The first kappa shape index (κ1) is 16.1. The van der Waals surface area contributed by atoms with Gasteiger partial charge in [0.2, 0.25) is 0 Å². The standard InChI is InChI=1S/C18H16ClN3O2/c1-12-9-13(19)4-5-16(12)22-14-6-7-20-17(10-14)18(23)21-11-15-3-2-8-24-15/h2-10H,11H2,1H3,(H,20,22)(H,21,23). The molecule has 0 saturated carbocycles. The van der Waals surface area contributed by atoms with E-state index in [0.29, 0.717) is 23.0 Å². The van der Waals surface area contributed by atoms with Crippen molar-refractivity contribution in [2.45, 2.75) is 13.5 Å². The molecule has 0 aliphatic heterocycles. The first-order valence-corrected chi connectivity index (χ1v) is 7.79. The molecule has 6 heteroatoms. The van der Waals surface area contributed by atoms with Crippen molar-refractivity contribution in [3.05, 3.63) is 77.0 Å². The number of aromatic nitrogens is 1. The van der Waals surface area contributed by atoms with E-state index < -0.39 is 0 Å². The van der Waals surface area contributed by atoms with E-state index in [1.807, 2.05) is 25.1 Å². The van der Waals surface area contributed by atoms with Crippen LogP contribution in [0.1, 0.15) is 21.8 Å². The highest BCUT2D eigenvalue weighted by atomic mass is 35.5. The summed E-state index contributed by atoms with van der Waals surface area (Å²) in [6, 6.07) is 12.7. The number of amides is 1. The van der Waals surface area contributed by atoms with Gasteiger partial charge in [0.05, 0.1) is 12.8 Å². The number of anilines is 2. The van der Waals surface area contributed by atoms with Gasteiger partial charge in [0.15, 0.2) is 0 Å². The minimum absolute atomic E-state index is 0.261. The smallest absolute Gasteiger partial charge is 0.270 e. The zero-order valence-corrected chi connectivity index (χ0v) is 13.8. The number of hydrogen-bond acceptors (Lipinski definition) is 4. The van der Waals surface area contributed by atoms with E-state index in [0.717, 1.165) is 16.9 Å². The molecule has 2 heterocycles. The fourth-order valence-corrected chi connectivity index (χ4v) is 2.45. The lowest BCUT2D eigenvalue weighted by atomic mass is 10.2. The fourth-order valence-electron chi connectivity index (χ4n) is 2.23. The van der Waals surface area contributed by atoms with E-state index in [1.54, 1.807) is 36.7 Å². The van der Waals surface area contributed by atoms with Crippen LogP contribution in [-0.4, -0.2) is 10.9 Å². The van der Waals surface area contributed by atoms with Crippen molar-refractivity contribution in [2.75, 3.05) is 5.32 Å². The molecular formula is C18H16ClN3O2. The first-order chi connectivity index (χ1) is 11.6. The number of furan rings is 1. The second-order valence-corrected chi connectivity index (χ2v) is 5.71. The Bertz CT molecular complexity index is 847. The van der Waals surface area contributed by atoms with Crippen LogP contribution in [0.4, 0.5) is 11.4 Å². The molecule has 0 unspecified atom stereocenters. The van der Waals surface area contributed by atoms with Crippen molar-refractivity contribution < 1.29 is 9.21 Å². The van der Waals surface area contributed by atoms with Gasteiger partial charge in [-0.05, 0) is 55.0 Å². The predicted octanol–water partition coefficient (Wildman–Crippen LogP) is 4.31. The molecule has 1 amide bonds. The summed E-state index contributed by atoms with van der Waals surface area (Å²) in [7, 11) is 0. The number of halogens is 1. The molecule has 3 aromatic rings. The number of hydrogen-bond donors (Lipinski definition) is 2. The van der Waals surface area contributed by atoms with Crippen molar-refractivity contribution in [3.63, 3.8) is 0 Å². The van der Waals surface area contributed by atoms with Crippen LogP contribution in [0.3, 0.4) is 0 Å². The van der Waals surface area contributed by atoms with Gasteiger partial charge >= 0.3 is 0 Å². The van der Waals surface area contributed by atoms with Crippen LogP contribution in [0.15, 0.2) is 59.3 Å². The lowest BCUT2D eigenvalue weighted by Crippen LogP contribution is -2.23. The number of aryl methyl sites for hydroxylation is 1. The van der Waals surface area contributed by atoms with E-state index in [4.69, 9.17) is 16.0 Å². The van der Waals surface area contributed by atoms with Crippen LogP contribution in [0.2, 0.25) is 5.02 Å². The summed E-state index contributed by atoms with van der Waals surface area (Å²) in [5.74, 6) is 0.428. The lowest BCUT2D eigenvalue weighted by Gasteiger charge is -2.11. The molecule has 2 N–H and O–H groups in total. The van der Waals surface area contributed by atoms with E-state index in [9.17, 15) is 4.79 Å². The maximum Gasteiger partial charge on any atom is 0.270 e. The zero-order valence-electron chi connectivity index (χ0n) is 13.0. The van der Waals surface area contributed by atoms with Gasteiger partial charge in [-0.15, -0.1) is 0 Å². The molecule has 3 rings (SSSR count). The molecule has 5 nitrogen and oxygen atoms in total. The molecule has 2 aromatic heterocycles. The third kappa shape index (κ3) is 3.94. The summed E-state index contributed by atoms with van der Waals surface area (Å²) in [6.45, 7) is 2.29. The summed E-state index contributed by atoms with van der Waals surface area (Å²) in [4.78, 5) is 16.3. The maximum atomic E-state index is 12.2. The van der Waals surface area contributed by atoms with Crippen molar-refractivity contribution in [1.82, 2.24) is 10.3 Å². The molecule has 0 saturated heterocycles. The van der Waals surface area contributed by atoms with Gasteiger partial charge < -0.3 is 15.1 Å². The fraction of sp³-hybridized carbons (Fsp3) is 0.111. The Balaban J connectivity index is 1.70. The summed E-state index contributed by atoms with van der Waals surface area (Å²) >= 11 is 5.97. The van der Waals surface area contributed by atoms with Crippen molar-refractivity contribution >= 4 is 28.9 Å². The molecule has 24 heavy (non-hydrogen) atoms. The number of pyridine rings is 1. The van der Waals surface area contributed by atoms with Crippen LogP contribution in [0.5, 0.6) is 0 Å². The minimum Gasteiger partial charge on any atom is -0.467 e. The maximum absolute atomic E-state index is 12.2. The van der Waals surface area contributed by atoms with Crippen LogP contribution < -0.4 is 10.6 Å². The van der Waals surface area contributed by atoms with Crippen LogP contribution >= 0.6 is 11.6 Å². The topological polar surface area (TPSA) is 67.2 Å². The Labute approximate surface area is 144 Å². The first-order valence-electron chi connectivity index (χ1n) is 7.41. The van der Waals surface area contributed by atoms with Crippen molar-refractivity contribution in [2.24, 2.45) is 0 Å². The molecule has 0 atom stereocenters. The molecule has 0 spiro atoms. The monoisotopic (exact) mass is 341 g/mol. The summed E-state index contributed by atoms with van der Waals surface area (Å²) in [5.41, 5.74) is 3.05. The van der Waals surface area contributed by atoms with Crippen molar-refractivity contribution in [3.8, 4) is 0 Å². The molecule has 0 aliphatic carbocycles. The molecule has 0 fully saturated rings. The zero-order chi connectivity index (χ0) is 16.9. The van der Waals surface area contributed by atoms with Crippen LogP contribution in [0.25, 0.3) is 0 Å². The van der Waals surface area contributed by atoms with Crippen molar-refractivity contribution in [1.29, 1.82) is 0 Å². The highest BCUT2D eigenvalue weighted by Crippen LogP contribution is 2.23. The Kier molecular flexibility index (Phi) is 4.82. The molecular weight excluding hydrogens is 326 g/mol. The van der Waals surface area contributed by atoms with E-state index in [1.165, 1.54) is 0 Å². The van der Waals surface area contributed by atoms with Crippen LogP contribution in [0, 0.1) is 6.92 Å². The summed E-state index contributed by atoms with van der Waals surface area (Å²) in [5, 5.41) is 6.72. The Morgan fingerprint density at radius 3 is 2.88 bits per heavy atom. The summed E-state index contributed by atoms with van der Waals surface area (Å²) in [6.07, 6.45) is 3.16. The van der Waals surface area contributed by atoms with Gasteiger partial charge in [-0.25, -0.2) is 0 Å². The third-order valence-corrected chi connectivity index (χ3v) is 3.70. The highest BCUT2D eigenvalue weighted by molar-refractivity contribution is 6.30. The third-order valence-electron chi connectivity index (χ3n) is 3.46. The molecule has 122 valence electrons. The van der Waals surface area contributed by atoms with Gasteiger partial charge in [0.1, 0.15) is 11.5 Å². The number of carbonyl (C=O) groups is 1. The summed E-state index contributed by atoms with van der Waals surface area (Å²) < 4.78 is 5.19. The normalized spacial score (nSPS) is 10.4. The van der Waals surface area contributed by atoms with Gasteiger partial charge in [0, 0.05) is 22.6 Å². The number of nitrogens with zero attached hydrogens (tertiary/aromatic N) is 1. The van der Waals surface area contributed by atoms with E-state index in [2.05, 4.69) is 15.6 Å². The largest absolute Gasteiger partial charge is 0.467 e. The lowest BCUT2D eigenvalue weighted by molar-refractivity contribution is 0.0943. The molecule has 0 bridgehead atoms. The van der Waals surface area contributed by atoms with Gasteiger partial charge in [-0.1, -0.05) is 11.6 Å². The number of nitrogens with one attached hydrogen (secondary N) is 2. The average Bonchev–Trinajstić information content (AvgIpc) is 3.09. The Morgan fingerprint density at radius 1 is 1.25 bits per heavy atom. The molecule has 0 radical (unpaired) electrons. The van der Waals surface area contributed by atoms with Gasteiger partial charge in [0.25, 0.3) is 5.91 Å². The number of rotatable bonds is 5. The second-order valence-electron chi connectivity index (χ2n) is 5.28. The van der Waals surface area contributed by atoms with Gasteiger partial charge in [-0.2, -0.15) is 0 Å². The average molecular weight is 342 g/mol. The second kappa shape index (κ2) is 7.19. The van der Waals surface area contributed by atoms with E-state index in [-0.39, 0.29) is 5.91 Å². The minimum atomic E-state index is -0.261. The number of benzene rings is 1. The predicted molar refractivity (Wildman–Crippen MR) is 93.6 cm³/mol.